The van der Waals surface area contributed by atoms with Crippen molar-refractivity contribution < 1.29 is 9.59 Å². The molecule has 2 atom stereocenters. The molecule has 100 valence electrons. The number of hydrogen-bond donors (Lipinski definition) is 1. The van der Waals surface area contributed by atoms with E-state index in [4.69, 9.17) is 0 Å². The van der Waals surface area contributed by atoms with Crippen LogP contribution in [0.2, 0.25) is 0 Å². The van der Waals surface area contributed by atoms with Crippen molar-refractivity contribution in [3.63, 3.8) is 0 Å². The van der Waals surface area contributed by atoms with E-state index in [1.54, 1.807) is 6.20 Å². The number of pyridine rings is 1. The van der Waals surface area contributed by atoms with Gasteiger partial charge >= 0.3 is 0 Å². The second-order valence-electron chi connectivity index (χ2n) is 5.17. The minimum atomic E-state index is 0.0239. The highest BCUT2D eigenvalue weighted by atomic mass is 16.2. The summed E-state index contributed by atoms with van der Waals surface area (Å²) in [6.07, 6.45) is 5.16. The quantitative estimate of drug-likeness (QED) is 0.599. The summed E-state index contributed by atoms with van der Waals surface area (Å²) in [5.74, 6) is 0.135. The molecular formula is C14H17N3O2. The zero-order valence-corrected chi connectivity index (χ0v) is 10.7. The first-order valence-electron chi connectivity index (χ1n) is 6.72. The third-order valence-corrected chi connectivity index (χ3v) is 3.74. The SMILES string of the molecule is O=C1C2CC2C(=O)N1CCCNCc1cccnc1. The summed E-state index contributed by atoms with van der Waals surface area (Å²) >= 11 is 0. The first-order chi connectivity index (χ1) is 9.27. The van der Waals surface area contributed by atoms with Gasteiger partial charge < -0.3 is 5.32 Å². The Balaban J connectivity index is 1.35. The number of fused-ring (bicyclic) bond motifs is 1. The predicted octanol–water partition coefficient (Wildman–Crippen LogP) is 0.566. The second kappa shape index (κ2) is 5.09. The van der Waals surface area contributed by atoms with Crippen LogP contribution >= 0.6 is 0 Å². The molecule has 1 N–H and O–H groups in total. The molecule has 5 heteroatoms. The second-order valence-corrected chi connectivity index (χ2v) is 5.17. The van der Waals surface area contributed by atoms with Gasteiger partial charge in [-0.3, -0.25) is 19.5 Å². The standard InChI is InChI=1S/C14H17N3O2/c18-13-11-7-12(11)14(19)17(13)6-2-5-16-9-10-3-1-4-15-8-10/h1,3-4,8,11-12,16H,2,5-7,9H2. The maximum atomic E-state index is 11.7. The molecule has 2 fully saturated rings. The Kier molecular flexibility index (Phi) is 3.29. The van der Waals surface area contributed by atoms with Crippen LogP contribution in [0.3, 0.4) is 0 Å². The van der Waals surface area contributed by atoms with Crippen molar-refractivity contribution in [2.24, 2.45) is 11.8 Å². The number of aromatic nitrogens is 1. The topological polar surface area (TPSA) is 62.3 Å². The van der Waals surface area contributed by atoms with Gasteiger partial charge in [-0.25, -0.2) is 0 Å². The fraction of sp³-hybridized carbons (Fsp3) is 0.500. The van der Waals surface area contributed by atoms with Crippen LogP contribution in [-0.4, -0.2) is 34.8 Å². The van der Waals surface area contributed by atoms with E-state index in [9.17, 15) is 9.59 Å². The summed E-state index contributed by atoms with van der Waals surface area (Å²) < 4.78 is 0. The van der Waals surface area contributed by atoms with Crippen molar-refractivity contribution in [2.75, 3.05) is 13.1 Å². The van der Waals surface area contributed by atoms with Gasteiger partial charge in [0.1, 0.15) is 0 Å². The van der Waals surface area contributed by atoms with E-state index in [0.29, 0.717) is 6.54 Å². The van der Waals surface area contributed by atoms with Gasteiger partial charge in [-0.15, -0.1) is 0 Å². The lowest BCUT2D eigenvalue weighted by molar-refractivity contribution is -0.141. The number of carbonyl (C=O) groups is 2. The molecule has 3 rings (SSSR count). The summed E-state index contributed by atoms with van der Waals surface area (Å²) in [6.45, 7) is 2.10. The average molecular weight is 259 g/mol. The molecule has 19 heavy (non-hydrogen) atoms. The van der Waals surface area contributed by atoms with E-state index in [-0.39, 0.29) is 23.7 Å². The van der Waals surface area contributed by atoms with E-state index in [1.165, 1.54) is 4.90 Å². The number of hydrogen-bond acceptors (Lipinski definition) is 4. The van der Waals surface area contributed by atoms with Gasteiger partial charge in [0.2, 0.25) is 11.8 Å². The van der Waals surface area contributed by atoms with E-state index in [0.717, 1.165) is 31.5 Å². The smallest absolute Gasteiger partial charge is 0.233 e. The monoisotopic (exact) mass is 259 g/mol. The van der Waals surface area contributed by atoms with E-state index >= 15 is 0 Å². The van der Waals surface area contributed by atoms with Gasteiger partial charge in [-0.2, -0.15) is 0 Å². The molecule has 1 aliphatic heterocycles. The van der Waals surface area contributed by atoms with Gasteiger partial charge in [-0.1, -0.05) is 6.07 Å². The molecular weight excluding hydrogens is 242 g/mol. The number of nitrogens with zero attached hydrogens (tertiary/aromatic N) is 2. The van der Waals surface area contributed by atoms with Gasteiger partial charge in [0, 0.05) is 25.5 Å². The van der Waals surface area contributed by atoms with Crippen LogP contribution in [0.5, 0.6) is 0 Å². The Morgan fingerprint density at radius 2 is 2.11 bits per heavy atom. The lowest BCUT2D eigenvalue weighted by Gasteiger charge is -2.16. The minimum absolute atomic E-state index is 0.0239. The number of likely N-dealkylation sites (tertiary alicyclic amines) is 1. The Hall–Kier alpha value is -1.75. The summed E-state index contributed by atoms with van der Waals surface area (Å²) in [7, 11) is 0. The maximum absolute atomic E-state index is 11.7. The van der Waals surface area contributed by atoms with Crippen LogP contribution in [0.25, 0.3) is 0 Å². The number of amides is 2. The van der Waals surface area contributed by atoms with Crippen LogP contribution in [-0.2, 0) is 16.1 Å². The van der Waals surface area contributed by atoms with Crippen molar-refractivity contribution >= 4 is 11.8 Å². The van der Waals surface area contributed by atoms with Gasteiger partial charge in [0.05, 0.1) is 11.8 Å². The largest absolute Gasteiger partial charge is 0.313 e. The number of rotatable bonds is 6. The Morgan fingerprint density at radius 1 is 1.32 bits per heavy atom. The molecule has 2 amide bonds. The van der Waals surface area contributed by atoms with E-state index in [2.05, 4.69) is 10.3 Å². The molecule has 0 bridgehead atoms. The molecule has 5 nitrogen and oxygen atoms in total. The van der Waals surface area contributed by atoms with Crippen LogP contribution in [0.15, 0.2) is 24.5 Å². The van der Waals surface area contributed by atoms with E-state index in [1.807, 2.05) is 18.3 Å². The lowest BCUT2D eigenvalue weighted by Crippen LogP contribution is -2.35. The first-order valence-corrected chi connectivity index (χ1v) is 6.72. The molecule has 0 radical (unpaired) electrons. The predicted molar refractivity (Wildman–Crippen MR) is 68.9 cm³/mol. The molecule has 0 aromatic carbocycles. The van der Waals surface area contributed by atoms with Crippen molar-refractivity contribution in [1.29, 1.82) is 0 Å². The van der Waals surface area contributed by atoms with Crippen LogP contribution < -0.4 is 5.32 Å². The Labute approximate surface area is 112 Å². The van der Waals surface area contributed by atoms with E-state index < -0.39 is 0 Å². The Morgan fingerprint density at radius 3 is 2.79 bits per heavy atom. The molecule has 1 saturated heterocycles. The molecule has 1 aromatic heterocycles. The van der Waals surface area contributed by atoms with Gasteiger partial charge in [0.25, 0.3) is 0 Å². The number of piperidine rings is 1. The third kappa shape index (κ3) is 2.51. The van der Waals surface area contributed by atoms with Crippen molar-refractivity contribution in [3.8, 4) is 0 Å². The number of nitrogens with one attached hydrogen (secondary N) is 1. The number of imide groups is 1. The first kappa shape index (κ1) is 12.3. The van der Waals surface area contributed by atoms with Crippen molar-refractivity contribution in [3.05, 3.63) is 30.1 Å². The van der Waals surface area contributed by atoms with Gasteiger partial charge in [0.15, 0.2) is 0 Å². The molecule has 1 saturated carbocycles. The summed E-state index contributed by atoms with van der Waals surface area (Å²) in [4.78, 5) is 28.9. The molecule has 1 aliphatic carbocycles. The highest BCUT2D eigenvalue weighted by Crippen LogP contribution is 2.46. The zero-order chi connectivity index (χ0) is 13.2. The zero-order valence-electron chi connectivity index (χ0n) is 10.7. The fourth-order valence-corrected chi connectivity index (χ4v) is 2.57. The maximum Gasteiger partial charge on any atom is 0.233 e. The van der Waals surface area contributed by atoms with Crippen molar-refractivity contribution in [2.45, 2.75) is 19.4 Å². The summed E-state index contributed by atoms with van der Waals surface area (Å²) in [5.41, 5.74) is 1.14. The summed E-state index contributed by atoms with van der Waals surface area (Å²) in [6, 6.07) is 3.92. The molecule has 1 aromatic rings. The van der Waals surface area contributed by atoms with Crippen LogP contribution in [0.4, 0.5) is 0 Å². The normalized spacial score (nSPS) is 24.7. The lowest BCUT2D eigenvalue weighted by atomic mass is 10.3. The minimum Gasteiger partial charge on any atom is -0.313 e. The Bertz CT molecular complexity index is 469. The third-order valence-electron chi connectivity index (χ3n) is 3.74. The number of carbonyl (C=O) groups excluding carboxylic acids is 2. The highest BCUT2D eigenvalue weighted by molar-refractivity contribution is 6.08. The molecule has 2 unspecified atom stereocenters. The molecule has 2 aliphatic rings. The van der Waals surface area contributed by atoms with Crippen LogP contribution in [0, 0.1) is 11.8 Å². The van der Waals surface area contributed by atoms with Crippen molar-refractivity contribution in [1.82, 2.24) is 15.2 Å². The van der Waals surface area contributed by atoms with Crippen LogP contribution in [0.1, 0.15) is 18.4 Å². The van der Waals surface area contributed by atoms with Gasteiger partial charge in [-0.05, 0) is 31.0 Å². The average Bonchev–Trinajstić information content (AvgIpc) is 3.19. The highest BCUT2D eigenvalue weighted by Gasteiger charge is 2.58. The summed E-state index contributed by atoms with van der Waals surface area (Å²) in [5, 5.41) is 3.29. The fourth-order valence-electron chi connectivity index (χ4n) is 2.57. The molecule has 2 heterocycles. The molecule has 0 spiro atoms.